The second-order valence-electron chi connectivity index (χ2n) is 11.6. The van der Waals surface area contributed by atoms with E-state index in [9.17, 15) is 14.7 Å². The Hall–Kier alpha value is -1.70. The van der Waals surface area contributed by atoms with Gasteiger partial charge >= 0.3 is 5.97 Å². The van der Waals surface area contributed by atoms with Crippen LogP contribution in [0.2, 0.25) is 0 Å². The van der Waals surface area contributed by atoms with Gasteiger partial charge in [0.05, 0.1) is 18.4 Å². The lowest BCUT2D eigenvalue weighted by Crippen LogP contribution is -2.46. The van der Waals surface area contributed by atoms with Crippen LogP contribution in [0.25, 0.3) is 0 Å². The van der Waals surface area contributed by atoms with Crippen molar-refractivity contribution in [2.24, 2.45) is 11.8 Å². The van der Waals surface area contributed by atoms with Crippen LogP contribution in [0.4, 0.5) is 5.69 Å². The highest BCUT2D eigenvalue weighted by Gasteiger charge is 2.37. The van der Waals surface area contributed by atoms with E-state index >= 15 is 0 Å². The van der Waals surface area contributed by atoms with E-state index in [0.29, 0.717) is 18.2 Å². The summed E-state index contributed by atoms with van der Waals surface area (Å²) in [6.45, 7) is 10.6. The van der Waals surface area contributed by atoms with Crippen LogP contribution in [0.1, 0.15) is 93.6 Å². The van der Waals surface area contributed by atoms with Crippen LogP contribution >= 0.6 is 11.3 Å². The van der Waals surface area contributed by atoms with Crippen molar-refractivity contribution >= 4 is 28.9 Å². The molecule has 0 spiro atoms. The molecule has 2 heterocycles. The Morgan fingerprint density at radius 2 is 1.91 bits per heavy atom. The normalized spacial score (nSPS) is 27.5. The lowest BCUT2D eigenvalue weighted by atomic mass is 9.83. The molecule has 2 fully saturated rings. The van der Waals surface area contributed by atoms with Crippen molar-refractivity contribution in [1.82, 2.24) is 0 Å². The molecule has 1 aromatic rings. The summed E-state index contributed by atoms with van der Waals surface area (Å²) < 4.78 is 11.5. The number of carbonyl (C=O) groups excluding carboxylic acids is 1. The standard InChI is InChI=1S/C28H41NO5S/c1-18-5-9-20(10-6-18)26(30)29(23-15-24(28(2,3)4)35-25(23)27(31)32)21-11-7-19(8-12-21)16-34-22-13-14-33-17-22/h5,15,19-22H,6-14,16-17H2,1-4H3,(H,31,32)/t19?,20-,21?,22?/m0/s1. The quantitative estimate of drug-likeness (QED) is 0.449. The SMILES string of the molecule is CC1=CC[C@H](C(=O)N(c2cc(C(C)(C)C)sc2C(=O)O)C2CCC(COC3CCOC3)CC2)CC1. The van der Waals surface area contributed by atoms with Crippen molar-refractivity contribution < 1.29 is 24.2 Å². The molecule has 7 heteroatoms. The van der Waals surface area contributed by atoms with Crippen LogP contribution in [-0.2, 0) is 19.7 Å². The van der Waals surface area contributed by atoms with E-state index in [4.69, 9.17) is 9.47 Å². The van der Waals surface area contributed by atoms with Crippen LogP contribution in [0.5, 0.6) is 0 Å². The molecule has 6 nitrogen and oxygen atoms in total. The first-order chi connectivity index (χ1) is 16.6. The van der Waals surface area contributed by atoms with Crippen molar-refractivity contribution in [3.05, 3.63) is 27.5 Å². The zero-order valence-electron chi connectivity index (χ0n) is 21.7. The molecular formula is C28H41NO5S. The number of anilines is 1. The molecule has 1 aliphatic heterocycles. The molecule has 2 aliphatic carbocycles. The third-order valence-corrected chi connectivity index (χ3v) is 9.31. The largest absolute Gasteiger partial charge is 0.477 e. The number of amides is 1. The number of nitrogens with zero attached hydrogens (tertiary/aromatic N) is 1. The summed E-state index contributed by atoms with van der Waals surface area (Å²) in [4.78, 5) is 29.5. The van der Waals surface area contributed by atoms with Crippen LogP contribution in [0.15, 0.2) is 17.7 Å². The van der Waals surface area contributed by atoms with Crippen LogP contribution in [-0.4, -0.2) is 48.9 Å². The van der Waals surface area contributed by atoms with E-state index in [-0.39, 0.29) is 34.3 Å². The van der Waals surface area contributed by atoms with Gasteiger partial charge in [0, 0.05) is 30.1 Å². The maximum absolute atomic E-state index is 14.0. The highest BCUT2D eigenvalue weighted by molar-refractivity contribution is 7.14. The molecule has 0 bridgehead atoms. The molecular weight excluding hydrogens is 462 g/mol. The van der Waals surface area contributed by atoms with Gasteiger partial charge in [0.25, 0.3) is 0 Å². The number of hydrogen-bond acceptors (Lipinski definition) is 5. The Bertz CT molecular complexity index is 932. The summed E-state index contributed by atoms with van der Waals surface area (Å²) in [6.07, 6.45) is 9.61. The van der Waals surface area contributed by atoms with Gasteiger partial charge < -0.3 is 19.5 Å². The smallest absolute Gasteiger partial charge is 0.348 e. The lowest BCUT2D eigenvalue weighted by Gasteiger charge is -2.39. The highest BCUT2D eigenvalue weighted by atomic mass is 32.1. The number of thiophene rings is 1. The topological polar surface area (TPSA) is 76.1 Å². The third-order valence-electron chi connectivity index (χ3n) is 7.77. The van der Waals surface area contributed by atoms with Gasteiger partial charge in [0.2, 0.25) is 5.91 Å². The molecule has 194 valence electrons. The van der Waals surface area contributed by atoms with Gasteiger partial charge in [0.1, 0.15) is 4.88 Å². The zero-order valence-corrected chi connectivity index (χ0v) is 22.5. The summed E-state index contributed by atoms with van der Waals surface area (Å²) in [7, 11) is 0. The predicted octanol–water partition coefficient (Wildman–Crippen LogP) is 6.19. The highest BCUT2D eigenvalue weighted by Crippen LogP contribution is 2.42. The number of carboxylic acid groups (broad SMARTS) is 1. The molecule has 1 saturated heterocycles. The second-order valence-corrected chi connectivity index (χ2v) is 12.7. The lowest BCUT2D eigenvalue weighted by molar-refractivity contribution is -0.123. The Balaban J connectivity index is 1.55. The second kappa shape index (κ2) is 11.1. The van der Waals surface area contributed by atoms with E-state index in [2.05, 4.69) is 33.8 Å². The van der Waals surface area contributed by atoms with Gasteiger partial charge in [0.15, 0.2) is 0 Å². The maximum atomic E-state index is 14.0. The maximum Gasteiger partial charge on any atom is 0.348 e. The van der Waals surface area contributed by atoms with E-state index < -0.39 is 5.97 Å². The number of carboxylic acids is 1. The molecule has 1 amide bonds. The monoisotopic (exact) mass is 503 g/mol. The van der Waals surface area contributed by atoms with E-state index in [0.717, 1.165) is 69.5 Å². The fraction of sp³-hybridized carbons (Fsp3) is 0.714. The number of rotatable bonds is 7. The fourth-order valence-corrected chi connectivity index (χ4v) is 6.50. The number of carbonyl (C=O) groups is 2. The average molecular weight is 504 g/mol. The Morgan fingerprint density at radius 1 is 1.17 bits per heavy atom. The van der Waals surface area contributed by atoms with Crippen LogP contribution < -0.4 is 4.90 Å². The Kier molecular flexibility index (Phi) is 8.39. The van der Waals surface area contributed by atoms with E-state index in [1.165, 1.54) is 16.9 Å². The van der Waals surface area contributed by atoms with E-state index in [1.54, 1.807) is 0 Å². The molecule has 1 aromatic heterocycles. The fourth-order valence-electron chi connectivity index (χ4n) is 5.45. The molecule has 1 unspecified atom stereocenters. The average Bonchev–Trinajstić information content (AvgIpc) is 3.49. The molecule has 3 aliphatic rings. The van der Waals surface area contributed by atoms with Crippen LogP contribution in [0.3, 0.4) is 0 Å². The minimum absolute atomic E-state index is 0.0288. The number of allylic oxidation sites excluding steroid dienone is 2. The van der Waals surface area contributed by atoms with Gasteiger partial charge in [-0.3, -0.25) is 4.79 Å². The third kappa shape index (κ3) is 6.36. The minimum atomic E-state index is -0.946. The Labute approximate surface area is 213 Å². The molecule has 1 N–H and O–H groups in total. The first kappa shape index (κ1) is 26.4. The van der Waals surface area contributed by atoms with Crippen molar-refractivity contribution in [3.63, 3.8) is 0 Å². The minimum Gasteiger partial charge on any atom is -0.477 e. The molecule has 35 heavy (non-hydrogen) atoms. The number of aromatic carboxylic acids is 1. The van der Waals surface area contributed by atoms with Gasteiger partial charge in [-0.05, 0) is 75.7 Å². The molecule has 2 atom stereocenters. The van der Waals surface area contributed by atoms with Gasteiger partial charge in [-0.1, -0.05) is 32.4 Å². The van der Waals surface area contributed by atoms with Crippen molar-refractivity contribution in [2.75, 3.05) is 24.7 Å². The van der Waals surface area contributed by atoms with Gasteiger partial charge in [-0.25, -0.2) is 4.79 Å². The summed E-state index contributed by atoms with van der Waals surface area (Å²) in [5.74, 6) is -0.451. The van der Waals surface area contributed by atoms with Crippen molar-refractivity contribution in [2.45, 2.75) is 96.6 Å². The molecule has 4 rings (SSSR count). The zero-order chi connectivity index (χ0) is 25.2. The molecule has 0 aromatic carbocycles. The first-order valence-corrected chi connectivity index (χ1v) is 14.0. The first-order valence-electron chi connectivity index (χ1n) is 13.2. The molecule has 0 radical (unpaired) electrons. The summed E-state index contributed by atoms with van der Waals surface area (Å²) >= 11 is 1.32. The molecule has 1 saturated carbocycles. The van der Waals surface area contributed by atoms with Crippen molar-refractivity contribution in [1.29, 1.82) is 0 Å². The van der Waals surface area contributed by atoms with Gasteiger partial charge in [-0.15, -0.1) is 11.3 Å². The Morgan fingerprint density at radius 3 is 2.49 bits per heavy atom. The van der Waals surface area contributed by atoms with Crippen molar-refractivity contribution in [3.8, 4) is 0 Å². The summed E-state index contributed by atoms with van der Waals surface area (Å²) in [6, 6.07) is 2.01. The number of ether oxygens (including phenoxy) is 2. The summed E-state index contributed by atoms with van der Waals surface area (Å²) in [5.41, 5.74) is 1.77. The predicted molar refractivity (Wildman–Crippen MR) is 139 cm³/mol. The van der Waals surface area contributed by atoms with Crippen LogP contribution in [0, 0.1) is 11.8 Å². The number of hydrogen-bond donors (Lipinski definition) is 1. The van der Waals surface area contributed by atoms with Gasteiger partial charge in [-0.2, -0.15) is 0 Å². The van der Waals surface area contributed by atoms with E-state index in [1.807, 2.05) is 11.0 Å². The summed E-state index contributed by atoms with van der Waals surface area (Å²) in [5, 5.41) is 10.1.